The molecule has 1 heterocycles. The molecule has 0 aliphatic heterocycles. The Morgan fingerprint density at radius 3 is 2.40 bits per heavy atom. The number of nitrogens with zero attached hydrogens (tertiary/aromatic N) is 2. The number of fused-ring (bicyclic) bond motifs is 7. The minimum absolute atomic E-state index is 0.0750. The fourth-order valence-electron chi connectivity index (χ4n) is 14.9. The van der Waals surface area contributed by atoms with Gasteiger partial charge in [-0.15, -0.1) is 0 Å². The molecule has 2 aromatic carbocycles. The van der Waals surface area contributed by atoms with Crippen LogP contribution >= 0.6 is 0 Å². The number of amides is 2. The number of aryl methyl sites for hydroxylation is 1. The average molecular weight is 861 g/mol. The number of benzene rings is 2. The number of allylic oxidation sites excluding steroid dienone is 1. The molecule has 5 aliphatic carbocycles. The number of aliphatic hydroxyl groups excluding tert-OH is 1. The van der Waals surface area contributed by atoms with E-state index in [1.807, 2.05) is 35.0 Å². The lowest BCUT2D eigenvalue weighted by Gasteiger charge is -2.72. The minimum atomic E-state index is -0.507. The number of ether oxygens (including phenoxy) is 2. The molecule has 63 heavy (non-hydrogen) atoms. The van der Waals surface area contributed by atoms with Gasteiger partial charge in [0.2, 0.25) is 5.91 Å². The molecule has 0 spiro atoms. The van der Waals surface area contributed by atoms with E-state index in [9.17, 15) is 19.5 Å². The molecule has 2 amide bonds. The first-order valence-corrected chi connectivity index (χ1v) is 23.8. The molecule has 340 valence electrons. The number of hydrogen-bond acceptors (Lipinski definition) is 7. The van der Waals surface area contributed by atoms with Crippen molar-refractivity contribution < 1.29 is 29.0 Å². The normalized spacial score (nSPS) is 34.0. The highest BCUT2D eigenvalue weighted by Gasteiger charge is 2.71. The molecule has 5 fully saturated rings. The Kier molecular flexibility index (Phi) is 12.3. The molecule has 8 rings (SSSR count). The highest BCUT2D eigenvalue weighted by Crippen LogP contribution is 2.77. The van der Waals surface area contributed by atoms with Crippen molar-refractivity contribution in [2.24, 2.45) is 56.7 Å². The largest absolute Gasteiger partial charge is 0.493 e. The molecule has 5 aliphatic rings. The first-order chi connectivity index (χ1) is 30.0. The number of aromatic nitrogens is 2. The maximum absolute atomic E-state index is 14.9. The summed E-state index contributed by atoms with van der Waals surface area (Å²) in [5.41, 5.74) is 3.63. The first kappa shape index (κ1) is 45.1. The van der Waals surface area contributed by atoms with Crippen molar-refractivity contribution in [3.05, 3.63) is 95.6 Å². The van der Waals surface area contributed by atoms with Crippen LogP contribution < -0.4 is 15.4 Å². The number of carbonyl (C=O) groups excluding carboxylic acids is 3. The molecular weight excluding hydrogens is 789 g/mol. The lowest BCUT2D eigenvalue weighted by Crippen LogP contribution is -2.67. The Morgan fingerprint density at radius 1 is 0.873 bits per heavy atom. The van der Waals surface area contributed by atoms with Gasteiger partial charge in [-0.05, 0) is 164 Å². The molecule has 4 unspecified atom stereocenters. The molecule has 10 nitrogen and oxygen atoms in total. The van der Waals surface area contributed by atoms with Crippen LogP contribution in [-0.2, 0) is 29.2 Å². The Bertz CT molecular complexity index is 2200. The number of nitrogens with one attached hydrogen (secondary N) is 2. The van der Waals surface area contributed by atoms with Gasteiger partial charge in [0.05, 0.1) is 31.6 Å². The number of methoxy groups -OCH3 is 1. The second-order valence-corrected chi connectivity index (χ2v) is 21.6. The number of aliphatic hydroxyl groups is 1. The summed E-state index contributed by atoms with van der Waals surface area (Å²) in [5, 5.41) is 17.6. The number of rotatable bonds is 13. The van der Waals surface area contributed by atoms with Crippen LogP contribution in [0.3, 0.4) is 0 Å². The lowest BCUT2D eigenvalue weighted by atomic mass is 9.32. The molecule has 10 atom stereocenters. The van der Waals surface area contributed by atoms with Crippen LogP contribution in [0, 0.1) is 56.7 Å². The molecular formula is C53H72N4O6. The zero-order chi connectivity index (χ0) is 45.0. The van der Waals surface area contributed by atoms with E-state index in [4.69, 9.17) is 9.47 Å². The van der Waals surface area contributed by atoms with Gasteiger partial charge in [-0.2, -0.15) is 0 Å². The van der Waals surface area contributed by atoms with Crippen molar-refractivity contribution in [3.8, 4) is 5.75 Å². The van der Waals surface area contributed by atoms with E-state index in [0.717, 1.165) is 69.0 Å². The highest BCUT2D eigenvalue weighted by atomic mass is 16.5. The summed E-state index contributed by atoms with van der Waals surface area (Å²) >= 11 is 0. The third kappa shape index (κ3) is 7.74. The summed E-state index contributed by atoms with van der Waals surface area (Å²) < 4.78 is 13.0. The summed E-state index contributed by atoms with van der Waals surface area (Å²) in [4.78, 5) is 45.1. The van der Waals surface area contributed by atoms with Gasteiger partial charge in [-0.3, -0.25) is 9.59 Å². The molecule has 0 saturated heterocycles. The smallest absolute Gasteiger partial charge is 0.341 e. The Morgan fingerprint density at radius 2 is 1.65 bits per heavy atom. The zero-order valence-corrected chi connectivity index (χ0v) is 38.9. The van der Waals surface area contributed by atoms with E-state index < -0.39 is 11.4 Å². The molecule has 1 aromatic heterocycles. The van der Waals surface area contributed by atoms with E-state index in [-0.39, 0.29) is 52.0 Å². The number of hydrogen-bond donors (Lipinski definition) is 3. The van der Waals surface area contributed by atoms with Gasteiger partial charge in [0, 0.05) is 37.6 Å². The van der Waals surface area contributed by atoms with Crippen LogP contribution in [0.15, 0.2) is 73.3 Å². The third-order valence-electron chi connectivity index (χ3n) is 18.4. The van der Waals surface area contributed by atoms with E-state index in [1.54, 1.807) is 30.7 Å². The molecule has 0 radical (unpaired) electrons. The van der Waals surface area contributed by atoms with E-state index in [0.29, 0.717) is 53.7 Å². The van der Waals surface area contributed by atoms with Crippen molar-refractivity contribution in [1.29, 1.82) is 0 Å². The van der Waals surface area contributed by atoms with Gasteiger partial charge in [0.1, 0.15) is 11.3 Å². The maximum atomic E-state index is 14.9. The quantitative estimate of drug-likeness (QED) is 0.0886. The number of imidazole rings is 1. The Balaban J connectivity index is 0.926. The van der Waals surface area contributed by atoms with Crippen LogP contribution in [0.2, 0.25) is 0 Å². The van der Waals surface area contributed by atoms with Gasteiger partial charge in [0.15, 0.2) is 0 Å². The van der Waals surface area contributed by atoms with E-state index in [2.05, 4.69) is 63.7 Å². The van der Waals surface area contributed by atoms with Crippen LogP contribution in [0.1, 0.15) is 144 Å². The first-order valence-electron chi connectivity index (χ1n) is 23.8. The third-order valence-corrected chi connectivity index (χ3v) is 18.4. The zero-order valence-electron chi connectivity index (χ0n) is 38.9. The predicted molar refractivity (Wildman–Crippen MR) is 245 cm³/mol. The topological polar surface area (TPSA) is 132 Å². The predicted octanol–water partition coefficient (Wildman–Crippen LogP) is 9.70. The molecule has 3 N–H and O–H groups in total. The Labute approximate surface area is 375 Å². The van der Waals surface area contributed by atoms with Crippen LogP contribution in [0.4, 0.5) is 0 Å². The molecule has 3 aromatic rings. The van der Waals surface area contributed by atoms with E-state index >= 15 is 0 Å². The summed E-state index contributed by atoms with van der Waals surface area (Å²) in [6, 6.07) is 12.8. The van der Waals surface area contributed by atoms with Crippen molar-refractivity contribution in [2.45, 2.75) is 138 Å². The van der Waals surface area contributed by atoms with Gasteiger partial charge < -0.3 is 29.8 Å². The fourth-order valence-corrected chi connectivity index (χ4v) is 14.9. The van der Waals surface area contributed by atoms with Gasteiger partial charge in [-0.1, -0.05) is 65.0 Å². The molecule has 0 bridgehead atoms. The van der Waals surface area contributed by atoms with Gasteiger partial charge in [-0.25, -0.2) is 9.78 Å². The van der Waals surface area contributed by atoms with Crippen molar-refractivity contribution >= 4 is 17.8 Å². The monoisotopic (exact) mass is 861 g/mol. The average Bonchev–Trinajstić information content (AvgIpc) is 3.94. The van der Waals surface area contributed by atoms with Crippen LogP contribution in [0.25, 0.3) is 0 Å². The maximum Gasteiger partial charge on any atom is 0.341 e. The van der Waals surface area contributed by atoms with Gasteiger partial charge in [0.25, 0.3) is 5.91 Å². The second-order valence-electron chi connectivity index (χ2n) is 21.6. The highest BCUT2D eigenvalue weighted by molar-refractivity contribution is 5.95. The summed E-state index contributed by atoms with van der Waals surface area (Å²) in [7, 11) is 1.34. The molecule has 10 heteroatoms. The molecule has 5 saturated carbocycles. The number of carbonyl (C=O) groups is 3. The number of esters is 1. The lowest BCUT2D eigenvalue weighted by molar-refractivity contribution is -0.246. The van der Waals surface area contributed by atoms with Crippen LogP contribution in [-0.4, -0.2) is 52.3 Å². The summed E-state index contributed by atoms with van der Waals surface area (Å²) in [6.45, 7) is 20.9. The van der Waals surface area contributed by atoms with Crippen molar-refractivity contribution in [2.75, 3.05) is 13.7 Å². The summed E-state index contributed by atoms with van der Waals surface area (Å²) in [5.74, 6) is 2.00. The van der Waals surface area contributed by atoms with Crippen molar-refractivity contribution in [1.82, 2.24) is 20.2 Å². The fraction of sp³-hybridized carbons (Fsp3) is 0.623. The second kappa shape index (κ2) is 17.2. The van der Waals surface area contributed by atoms with E-state index in [1.165, 1.54) is 31.9 Å². The Hall–Kier alpha value is -4.44. The van der Waals surface area contributed by atoms with Crippen LogP contribution in [0.5, 0.6) is 5.75 Å². The SMILES string of the molecule is C=C(C)[C@@H]1CC[C@]2(C(=O)NCc3cccc(C(=O)NCc4ccc(OCCCn5ccnc5)c(C(=O)OC)c4)c3)CC[C@]3(C)C(CCC4[C@@]5(C)CC[C@H](O)C(C)(C)C5CC[C@]43C)C12. The van der Waals surface area contributed by atoms with Gasteiger partial charge >= 0.3 is 5.97 Å². The summed E-state index contributed by atoms with van der Waals surface area (Å²) in [6.07, 6.45) is 16.4. The standard InChI is InChI=1S/C53H72N4O6/c1-34(2)38-17-22-53(24-23-51(6)40(45(38)53)14-16-43-50(5)20-19-44(58)49(3,4)42(50)18-21-52(43,51)7)48(61)56-32-35-11-9-12-37(29-35)46(59)55-31-36-13-15-41(39(30-36)47(60)62-8)63-28-10-26-57-27-25-54-33-57/h9,11-13,15,25,27,29-30,33,38,40,42-45,58H,1,10,14,16-24,26,28,31-32H2,2-8H3,(H,55,59)(H,56,61)/t38-,40?,42?,43?,44-,45?,50-,51+,52+,53-/m0/s1. The van der Waals surface area contributed by atoms with Crippen molar-refractivity contribution in [3.63, 3.8) is 0 Å². The minimum Gasteiger partial charge on any atom is -0.493 e.